The maximum absolute atomic E-state index is 4.43. The number of likely N-dealkylation sites (tertiary alicyclic amines) is 2. The van der Waals surface area contributed by atoms with Crippen LogP contribution in [0.25, 0.3) is 0 Å². The lowest BCUT2D eigenvalue weighted by Crippen LogP contribution is -2.44. The number of nitrogens with one attached hydrogen (secondary N) is 1. The number of hydrogen-bond acceptors (Lipinski definition) is 4. The molecule has 3 heterocycles. The third-order valence-electron chi connectivity index (χ3n) is 4.79. The Morgan fingerprint density at radius 1 is 1.30 bits per heavy atom. The van der Waals surface area contributed by atoms with Crippen molar-refractivity contribution in [1.82, 2.24) is 29.9 Å². The second kappa shape index (κ2) is 8.81. The Morgan fingerprint density at radius 3 is 2.74 bits per heavy atom. The molecule has 1 aromatic heterocycles. The Balaban J connectivity index is 0.00000192. The van der Waals surface area contributed by atoms with E-state index in [2.05, 4.69) is 30.3 Å². The molecule has 130 valence electrons. The van der Waals surface area contributed by atoms with Crippen molar-refractivity contribution in [2.45, 2.75) is 38.3 Å². The fourth-order valence-electron chi connectivity index (χ4n) is 3.47. The van der Waals surface area contributed by atoms with Crippen LogP contribution in [-0.4, -0.2) is 69.8 Å². The Kier molecular flexibility index (Phi) is 7.07. The SMILES string of the molecule is CN=C(NCc1nncn1C)N1CCC(N2CCCCC2)C1.I. The average Bonchev–Trinajstić information content (AvgIpc) is 3.19. The summed E-state index contributed by atoms with van der Waals surface area (Å²) in [6.07, 6.45) is 7.08. The topological polar surface area (TPSA) is 61.6 Å². The number of halogens is 1. The number of rotatable bonds is 3. The van der Waals surface area contributed by atoms with Gasteiger partial charge in [0.15, 0.2) is 11.8 Å². The Bertz CT molecular complexity index is 510. The van der Waals surface area contributed by atoms with Gasteiger partial charge < -0.3 is 14.8 Å². The lowest BCUT2D eigenvalue weighted by molar-refractivity contribution is 0.168. The molecule has 8 heteroatoms. The monoisotopic (exact) mass is 433 g/mol. The minimum Gasteiger partial charge on any atom is -0.349 e. The first-order valence-corrected chi connectivity index (χ1v) is 8.30. The zero-order chi connectivity index (χ0) is 15.4. The van der Waals surface area contributed by atoms with Gasteiger partial charge in [-0.2, -0.15) is 0 Å². The van der Waals surface area contributed by atoms with Crippen LogP contribution >= 0.6 is 24.0 Å². The number of hydrogen-bond donors (Lipinski definition) is 1. The lowest BCUT2D eigenvalue weighted by Gasteiger charge is -2.32. The fourth-order valence-corrected chi connectivity index (χ4v) is 3.47. The van der Waals surface area contributed by atoms with Crippen molar-refractivity contribution in [3.63, 3.8) is 0 Å². The molecule has 3 rings (SSSR count). The molecule has 23 heavy (non-hydrogen) atoms. The molecule has 0 spiro atoms. The van der Waals surface area contributed by atoms with Crippen LogP contribution in [0, 0.1) is 0 Å². The summed E-state index contributed by atoms with van der Waals surface area (Å²) >= 11 is 0. The number of aromatic nitrogens is 3. The van der Waals surface area contributed by atoms with Crippen LogP contribution in [0.5, 0.6) is 0 Å². The zero-order valence-electron chi connectivity index (χ0n) is 14.1. The van der Waals surface area contributed by atoms with E-state index in [4.69, 9.17) is 0 Å². The van der Waals surface area contributed by atoms with Gasteiger partial charge in [0, 0.05) is 33.2 Å². The molecule has 7 nitrogen and oxygen atoms in total. The van der Waals surface area contributed by atoms with Crippen LogP contribution in [0.4, 0.5) is 0 Å². The Hall–Kier alpha value is -0.900. The van der Waals surface area contributed by atoms with Crippen molar-refractivity contribution in [2.75, 3.05) is 33.2 Å². The van der Waals surface area contributed by atoms with E-state index in [1.165, 1.54) is 38.8 Å². The van der Waals surface area contributed by atoms with Crippen molar-refractivity contribution in [3.05, 3.63) is 12.2 Å². The molecule has 2 aliphatic heterocycles. The van der Waals surface area contributed by atoms with Gasteiger partial charge in [-0.15, -0.1) is 34.2 Å². The summed E-state index contributed by atoms with van der Waals surface area (Å²) in [5, 5.41) is 11.4. The molecule has 1 unspecified atom stereocenters. The highest BCUT2D eigenvalue weighted by atomic mass is 127. The molecule has 0 bridgehead atoms. The van der Waals surface area contributed by atoms with E-state index < -0.39 is 0 Å². The van der Waals surface area contributed by atoms with Crippen LogP contribution in [-0.2, 0) is 13.6 Å². The van der Waals surface area contributed by atoms with Gasteiger partial charge in [0.1, 0.15) is 6.33 Å². The average molecular weight is 433 g/mol. The zero-order valence-corrected chi connectivity index (χ0v) is 16.4. The van der Waals surface area contributed by atoms with E-state index in [1.54, 1.807) is 6.33 Å². The van der Waals surface area contributed by atoms with Crippen molar-refractivity contribution in [1.29, 1.82) is 0 Å². The van der Waals surface area contributed by atoms with Gasteiger partial charge in [0.05, 0.1) is 6.54 Å². The number of piperidine rings is 1. The van der Waals surface area contributed by atoms with Gasteiger partial charge in [-0.3, -0.25) is 9.89 Å². The van der Waals surface area contributed by atoms with Crippen LogP contribution in [0.1, 0.15) is 31.5 Å². The van der Waals surface area contributed by atoms with Gasteiger partial charge in [0.25, 0.3) is 0 Å². The Morgan fingerprint density at radius 2 is 2.09 bits per heavy atom. The molecule has 2 saturated heterocycles. The molecule has 2 aliphatic rings. The highest BCUT2D eigenvalue weighted by Gasteiger charge is 2.29. The largest absolute Gasteiger partial charge is 0.349 e. The smallest absolute Gasteiger partial charge is 0.194 e. The lowest BCUT2D eigenvalue weighted by atomic mass is 10.1. The maximum atomic E-state index is 4.43. The molecular weight excluding hydrogens is 405 g/mol. The van der Waals surface area contributed by atoms with Crippen LogP contribution in [0.3, 0.4) is 0 Å². The summed E-state index contributed by atoms with van der Waals surface area (Å²) in [7, 11) is 3.81. The molecule has 0 amide bonds. The standard InChI is InChI=1S/C15H27N7.HI/c1-16-15(17-10-14-19-18-12-20(14)2)22-9-6-13(11-22)21-7-4-3-5-8-21;/h12-13H,3-11H2,1-2H3,(H,16,17);1H. The highest BCUT2D eigenvalue weighted by Crippen LogP contribution is 2.20. The summed E-state index contributed by atoms with van der Waals surface area (Å²) in [4.78, 5) is 9.47. The number of nitrogens with zero attached hydrogens (tertiary/aromatic N) is 6. The second-order valence-corrected chi connectivity index (χ2v) is 6.24. The molecule has 1 atom stereocenters. The minimum atomic E-state index is 0. The number of guanidine groups is 1. The summed E-state index contributed by atoms with van der Waals surface area (Å²) in [6.45, 7) is 5.36. The maximum Gasteiger partial charge on any atom is 0.194 e. The summed E-state index contributed by atoms with van der Waals surface area (Å²) in [5.41, 5.74) is 0. The van der Waals surface area contributed by atoms with Gasteiger partial charge in [0.2, 0.25) is 0 Å². The van der Waals surface area contributed by atoms with Crippen LogP contribution < -0.4 is 5.32 Å². The van der Waals surface area contributed by atoms with Crippen molar-refractivity contribution < 1.29 is 0 Å². The van der Waals surface area contributed by atoms with Crippen LogP contribution in [0.15, 0.2) is 11.3 Å². The van der Waals surface area contributed by atoms with Crippen molar-refractivity contribution in [3.8, 4) is 0 Å². The van der Waals surface area contributed by atoms with E-state index in [1.807, 2.05) is 18.7 Å². The summed E-state index contributed by atoms with van der Waals surface area (Å²) in [5.74, 6) is 1.90. The summed E-state index contributed by atoms with van der Waals surface area (Å²) < 4.78 is 1.93. The fraction of sp³-hybridized carbons (Fsp3) is 0.800. The number of aliphatic imine (C=N–C) groups is 1. The first kappa shape index (κ1) is 18.4. The molecular formula is C15H28IN7. The molecule has 2 fully saturated rings. The molecule has 1 N–H and O–H groups in total. The predicted octanol–water partition coefficient (Wildman–Crippen LogP) is 1.07. The molecule has 0 aliphatic carbocycles. The first-order valence-electron chi connectivity index (χ1n) is 8.30. The van der Waals surface area contributed by atoms with Gasteiger partial charge in [-0.1, -0.05) is 6.42 Å². The summed E-state index contributed by atoms with van der Waals surface area (Å²) in [6, 6.07) is 0.689. The van der Waals surface area contributed by atoms with E-state index in [0.29, 0.717) is 12.6 Å². The Labute approximate surface area is 155 Å². The van der Waals surface area contributed by atoms with E-state index in [0.717, 1.165) is 24.9 Å². The first-order chi connectivity index (χ1) is 10.8. The minimum absolute atomic E-state index is 0. The van der Waals surface area contributed by atoms with Crippen molar-refractivity contribution in [2.24, 2.45) is 12.0 Å². The molecule has 0 radical (unpaired) electrons. The van der Waals surface area contributed by atoms with Gasteiger partial charge in [-0.25, -0.2) is 0 Å². The van der Waals surface area contributed by atoms with Gasteiger partial charge >= 0.3 is 0 Å². The molecule has 0 saturated carbocycles. The number of aryl methyl sites for hydroxylation is 1. The van der Waals surface area contributed by atoms with E-state index in [9.17, 15) is 0 Å². The second-order valence-electron chi connectivity index (χ2n) is 6.24. The van der Waals surface area contributed by atoms with E-state index >= 15 is 0 Å². The highest BCUT2D eigenvalue weighted by molar-refractivity contribution is 14.0. The quantitative estimate of drug-likeness (QED) is 0.439. The van der Waals surface area contributed by atoms with Crippen molar-refractivity contribution >= 4 is 29.9 Å². The molecule has 0 aromatic carbocycles. The predicted molar refractivity (Wildman–Crippen MR) is 102 cm³/mol. The van der Waals surface area contributed by atoms with E-state index in [-0.39, 0.29) is 24.0 Å². The molecule has 1 aromatic rings. The van der Waals surface area contributed by atoms with Gasteiger partial charge in [-0.05, 0) is 32.4 Å². The normalized spacial score (nSPS) is 23.0. The van der Waals surface area contributed by atoms with Crippen LogP contribution in [0.2, 0.25) is 0 Å². The third-order valence-corrected chi connectivity index (χ3v) is 4.79. The third kappa shape index (κ3) is 4.56.